The van der Waals surface area contributed by atoms with Crippen molar-refractivity contribution in [3.05, 3.63) is 64.7 Å². The van der Waals surface area contributed by atoms with Crippen molar-refractivity contribution in [2.24, 2.45) is 0 Å². The maximum Gasteiger partial charge on any atom is 0.423 e. The van der Waals surface area contributed by atoms with Crippen molar-refractivity contribution < 1.29 is 36.2 Å². The largest absolute Gasteiger partial charge is 0.423 e. The topological polar surface area (TPSA) is 61.4 Å². The van der Waals surface area contributed by atoms with E-state index in [1.807, 2.05) is 0 Å². The predicted molar refractivity (Wildman–Crippen MR) is 98.6 cm³/mol. The van der Waals surface area contributed by atoms with Gasteiger partial charge in [0, 0.05) is 19.2 Å². The summed E-state index contributed by atoms with van der Waals surface area (Å²) in [6, 6.07) is 7.08. The number of aryl methyl sites for hydroxylation is 1. The Hall–Kier alpha value is -2.75. The summed E-state index contributed by atoms with van der Waals surface area (Å²) in [4.78, 5) is 11.0. The Kier molecular flexibility index (Phi) is 6.70. The molecule has 164 valence electrons. The van der Waals surface area contributed by atoms with Crippen LogP contribution in [0.15, 0.2) is 42.5 Å². The highest BCUT2D eigenvalue weighted by atomic mass is 19.4. The Labute approximate surface area is 168 Å². The molecule has 0 bridgehead atoms. The SMILES string of the molecule is CC(=O)NCc1ccc(NC[C@](O)(c2cccc(C(F)(F)F)c2)C(F)(F)F)cc1C. The van der Waals surface area contributed by atoms with Gasteiger partial charge in [-0.05, 0) is 47.9 Å². The lowest BCUT2D eigenvalue weighted by molar-refractivity contribution is -0.260. The zero-order valence-electron chi connectivity index (χ0n) is 16.1. The number of anilines is 1. The van der Waals surface area contributed by atoms with E-state index >= 15 is 0 Å². The third kappa shape index (κ3) is 5.44. The summed E-state index contributed by atoms with van der Waals surface area (Å²) < 4.78 is 79.6. The van der Waals surface area contributed by atoms with Crippen molar-refractivity contribution in [1.82, 2.24) is 5.32 Å². The Morgan fingerprint density at radius 3 is 2.17 bits per heavy atom. The summed E-state index contributed by atoms with van der Waals surface area (Å²) in [6.07, 6.45) is -10.1. The number of carbonyl (C=O) groups is 1. The number of halogens is 6. The second-order valence-electron chi connectivity index (χ2n) is 6.84. The van der Waals surface area contributed by atoms with Crippen molar-refractivity contribution in [3.63, 3.8) is 0 Å². The van der Waals surface area contributed by atoms with Gasteiger partial charge in [0.2, 0.25) is 11.5 Å². The van der Waals surface area contributed by atoms with Crippen LogP contribution in [-0.4, -0.2) is 23.7 Å². The molecule has 0 saturated carbocycles. The average molecular weight is 434 g/mol. The Morgan fingerprint density at radius 2 is 1.63 bits per heavy atom. The summed E-state index contributed by atoms with van der Waals surface area (Å²) in [7, 11) is 0. The minimum Gasteiger partial charge on any atom is -0.381 e. The van der Waals surface area contributed by atoms with Crippen LogP contribution in [0.4, 0.5) is 32.0 Å². The molecule has 0 spiro atoms. The second-order valence-corrected chi connectivity index (χ2v) is 6.84. The highest BCUT2D eigenvalue weighted by Crippen LogP contribution is 2.41. The van der Waals surface area contributed by atoms with Crippen LogP contribution in [0.5, 0.6) is 0 Å². The number of hydrogen-bond donors (Lipinski definition) is 3. The molecule has 2 rings (SSSR count). The van der Waals surface area contributed by atoms with Gasteiger partial charge in [-0.15, -0.1) is 0 Å². The fourth-order valence-corrected chi connectivity index (χ4v) is 2.77. The molecule has 1 amide bonds. The summed E-state index contributed by atoms with van der Waals surface area (Å²) in [5, 5.41) is 15.4. The Morgan fingerprint density at radius 1 is 1.00 bits per heavy atom. The summed E-state index contributed by atoms with van der Waals surface area (Å²) in [6.45, 7) is 2.17. The van der Waals surface area contributed by atoms with Crippen LogP contribution in [0.1, 0.15) is 29.2 Å². The van der Waals surface area contributed by atoms with Crippen LogP contribution >= 0.6 is 0 Å². The molecule has 4 nitrogen and oxygen atoms in total. The molecule has 2 aromatic carbocycles. The summed E-state index contributed by atoms with van der Waals surface area (Å²) >= 11 is 0. The van der Waals surface area contributed by atoms with E-state index in [1.165, 1.54) is 19.1 Å². The van der Waals surface area contributed by atoms with Gasteiger partial charge in [-0.1, -0.05) is 18.2 Å². The monoisotopic (exact) mass is 434 g/mol. The van der Waals surface area contributed by atoms with Crippen LogP contribution < -0.4 is 10.6 Å². The van der Waals surface area contributed by atoms with E-state index in [9.17, 15) is 36.2 Å². The molecule has 30 heavy (non-hydrogen) atoms. The second kappa shape index (κ2) is 8.55. The Balaban J connectivity index is 2.28. The number of hydrogen-bond acceptors (Lipinski definition) is 3. The smallest absolute Gasteiger partial charge is 0.381 e. The van der Waals surface area contributed by atoms with Crippen molar-refractivity contribution in [2.45, 2.75) is 38.3 Å². The number of amides is 1. The first kappa shape index (κ1) is 23.5. The lowest BCUT2D eigenvalue weighted by Gasteiger charge is -2.32. The van der Waals surface area contributed by atoms with E-state index < -0.39 is 35.6 Å². The van der Waals surface area contributed by atoms with Crippen LogP contribution in [0.3, 0.4) is 0 Å². The first-order valence-corrected chi connectivity index (χ1v) is 8.79. The molecule has 0 radical (unpaired) electrons. The van der Waals surface area contributed by atoms with E-state index in [1.54, 1.807) is 13.0 Å². The molecular weight excluding hydrogens is 414 g/mol. The van der Waals surface area contributed by atoms with Crippen molar-refractivity contribution in [2.75, 3.05) is 11.9 Å². The van der Waals surface area contributed by atoms with E-state index in [-0.39, 0.29) is 24.2 Å². The van der Waals surface area contributed by atoms with Crippen LogP contribution in [0.2, 0.25) is 0 Å². The molecule has 0 aliphatic heterocycles. The van der Waals surface area contributed by atoms with Crippen LogP contribution in [0.25, 0.3) is 0 Å². The quantitative estimate of drug-likeness (QED) is 0.587. The van der Waals surface area contributed by atoms with Crippen molar-refractivity contribution in [1.29, 1.82) is 0 Å². The van der Waals surface area contributed by atoms with E-state index in [0.29, 0.717) is 11.6 Å². The highest BCUT2D eigenvalue weighted by Gasteiger charge is 2.55. The zero-order chi connectivity index (χ0) is 22.7. The fraction of sp³-hybridized carbons (Fsp3) is 0.350. The number of carbonyl (C=O) groups excluding carboxylic acids is 1. The minimum atomic E-state index is -5.23. The number of nitrogens with one attached hydrogen (secondary N) is 2. The molecule has 2 aromatic rings. The standard InChI is InChI=1S/C20H20F6N2O2/c1-12-8-17(7-6-14(12)10-27-13(2)29)28-11-18(30,20(24,25)26)15-4-3-5-16(9-15)19(21,22)23/h3-9,28,30H,10-11H2,1-2H3,(H,27,29)/t18-/m0/s1. The molecule has 1 atom stereocenters. The first-order chi connectivity index (χ1) is 13.7. The van der Waals surface area contributed by atoms with Gasteiger partial charge >= 0.3 is 12.4 Å². The highest BCUT2D eigenvalue weighted by molar-refractivity contribution is 5.72. The maximum absolute atomic E-state index is 13.6. The molecule has 3 N–H and O–H groups in total. The first-order valence-electron chi connectivity index (χ1n) is 8.79. The van der Waals surface area contributed by atoms with Crippen molar-refractivity contribution >= 4 is 11.6 Å². The number of alkyl halides is 6. The minimum absolute atomic E-state index is 0.230. The lowest BCUT2D eigenvalue weighted by Crippen LogP contribution is -2.48. The maximum atomic E-state index is 13.6. The predicted octanol–water partition coefficient (Wildman–Crippen LogP) is 4.51. The van der Waals surface area contributed by atoms with Gasteiger partial charge in [0.15, 0.2) is 0 Å². The third-order valence-corrected chi connectivity index (χ3v) is 4.56. The number of rotatable bonds is 6. The Bertz CT molecular complexity index is 911. The van der Waals surface area contributed by atoms with Gasteiger partial charge in [0.25, 0.3) is 0 Å². The summed E-state index contributed by atoms with van der Waals surface area (Å²) in [5.74, 6) is -0.243. The van der Waals surface area contributed by atoms with Gasteiger partial charge in [0.05, 0.1) is 12.1 Å². The molecule has 0 heterocycles. The van der Waals surface area contributed by atoms with Crippen LogP contribution in [0, 0.1) is 6.92 Å². The molecule has 10 heteroatoms. The fourth-order valence-electron chi connectivity index (χ4n) is 2.77. The molecule has 0 aromatic heterocycles. The van der Waals surface area contributed by atoms with Gasteiger partial charge < -0.3 is 15.7 Å². The average Bonchev–Trinajstić information content (AvgIpc) is 2.63. The van der Waals surface area contributed by atoms with E-state index in [0.717, 1.165) is 17.7 Å². The van der Waals surface area contributed by atoms with Gasteiger partial charge in [-0.25, -0.2) is 0 Å². The molecule has 0 saturated heterocycles. The molecule has 0 fully saturated rings. The number of aliphatic hydroxyl groups is 1. The summed E-state index contributed by atoms with van der Waals surface area (Å²) in [5.41, 5.74) is -4.12. The van der Waals surface area contributed by atoms with Crippen molar-refractivity contribution in [3.8, 4) is 0 Å². The van der Waals surface area contributed by atoms with E-state index in [4.69, 9.17) is 0 Å². The zero-order valence-corrected chi connectivity index (χ0v) is 16.1. The van der Waals surface area contributed by atoms with Gasteiger partial charge in [0.1, 0.15) is 0 Å². The number of benzene rings is 2. The normalized spacial score (nSPS) is 14.2. The van der Waals surface area contributed by atoms with Crippen LogP contribution in [-0.2, 0) is 23.1 Å². The van der Waals surface area contributed by atoms with E-state index in [2.05, 4.69) is 10.6 Å². The third-order valence-electron chi connectivity index (χ3n) is 4.56. The van der Waals surface area contributed by atoms with Gasteiger partial charge in [-0.3, -0.25) is 4.79 Å². The van der Waals surface area contributed by atoms with Gasteiger partial charge in [-0.2, -0.15) is 26.3 Å². The molecule has 0 aliphatic carbocycles. The molecule has 0 aliphatic rings. The molecule has 0 unspecified atom stereocenters. The lowest BCUT2D eigenvalue weighted by atomic mass is 9.91. The molecular formula is C20H20F6N2O2.